The summed E-state index contributed by atoms with van der Waals surface area (Å²) in [6, 6.07) is 16.5. The minimum Gasteiger partial charge on any atom is -0.497 e. The fourth-order valence-corrected chi connectivity index (χ4v) is 5.00. The monoisotopic (exact) mass is 486 g/mol. The van der Waals surface area contributed by atoms with Gasteiger partial charge in [0, 0.05) is 50.4 Å². The molecule has 0 aromatic heterocycles. The number of halogens is 1. The van der Waals surface area contributed by atoms with Crippen molar-refractivity contribution >= 4 is 21.8 Å². The molecule has 5 nitrogen and oxygen atoms in total. The molecule has 0 saturated carbocycles. The number of methoxy groups -OCH3 is 1. The number of benzene rings is 2. The van der Waals surface area contributed by atoms with Crippen LogP contribution in [0.4, 0.5) is 0 Å². The molecule has 2 heterocycles. The maximum atomic E-state index is 13.9. The van der Waals surface area contributed by atoms with E-state index in [0.29, 0.717) is 13.2 Å². The van der Waals surface area contributed by atoms with E-state index in [1.165, 1.54) is 5.56 Å². The van der Waals surface area contributed by atoms with E-state index in [1.54, 1.807) is 7.11 Å². The third-order valence-corrected chi connectivity index (χ3v) is 7.12. The largest absolute Gasteiger partial charge is 0.497 e. The summed E-state index contributed by atoms with van der Waals surface area (Å²) < 4.78 is 11.9. The van der Waals surface area contributed by atoms with Crippen molar-refractivity contribution in [3.05, 3.63) is 64.1 Å². The maximum Gasteiger partial charge on any atom is 0.233 e. The average molecular weight is 487 g/mol. The van der Waals surface area contributed by atoms with E-state index in [1.807, 2.05) is 24.3 Å². The zero-order valence-electron chi connectivity index (χ0n) is 18.2. The van der Waals surface area contributed by atoms with E-state index in [-0.39, 0.29) is 5.91 Å². The summed E-state index contributed by atoms with van der Waals surface area (Å²) in [6.45, 7) is 5.66. The third-order valence-electron chi connectivity index (χ3n) is 6.59. The molecule has 2 aromatic rings. The van der Waals surface area contributed by atoms with Crippen LogP contribution in [0.5, 0.6) is 5.75 Å². The van der Waals surface area contributed by atoms with Crippen LogP contribution in [0, 0.1) is 0 Å². The topological polar surface area (TPSA) is 42.0 Å². The van der Waals surface area contributed by atoms with Crippen molar-refractivity contribution in [3.63, 3.8) is 0 Å². The van der Waals surface area contributed by atoms with Crippen LogP contribution < -0.4 is 4.74 Å². The Kier molecular flexibility index (Phi) is 7.31. The van der Waals surface area contributed by atoms with Crippen LogP contribution in [-0.4, -0.2) is 62.2 Å². The Hall–Kier alpha value is -1.89. The first-order chi connectivity index (χ1) is 15.1. The second kappa shape index (κ2) is 10.2. The van der Waals surface area contributed by atoms with Gasteiger partial charge in [0.1, 0.15) is 5.75 Å². The van der Waals surface area contributed by atoms with Gasteiger partial charge in [-0.25, -0.2) is 0 Å². The van der Waals surface area contributed by atoms with E-state index < -0.39 is 5.41 Å². The molecule has 2 saturated heterocycles. The van der Waals surface area contributed by atoms with Crippen LogP contribution >= 0.6 is 15.9 Å². The number of hydrogen-bond acceptors (Lipinski definition) is 4. The van der Waals surface area contributed by atoms with E-state index >= 15 is 0 Å². The van der Waals surface area contributed by atoms with Crippen LogP contribution in [0.3, 0.4) is 0 Å². The first-order valence-corrected chi connectivity index (χ1v) is 11.9. The van der Waals surface area contributed by atoms with Gasteiger partial charge < -0.3 is 14.4 Å². The van der Waals surface area contributed by atoms with Gasteiger partial charge >= 0.3 is 0 Å². The maximum absolute atomic E-state index is 13.9. The number of ether oxygens (including phenoxy) is 2. The number of rotatable bonds is 5. The van der Waals surface area contributed by atoms with Crippen molar-refractivity contribution in [1.82, 2.24) is 9.80 Å². The van der Waals surface area contributed by atoms with Gasteiger partial charge in [0.25, 0.3) is 0 Å². The van der Waals surface area contributed by atoms with Crippen molar-refractivity contribution < 1.29 is 14.3 Å². The highest BCUT2D eigenvalue weighted by molar-refractivity contribution is 9.10. The fourth-order valence-electron chi connectivity index (χ4n) is 4.74. The van der Waals surface area contributed by atoms with Crippen LogP contribution in [0.1, 0.15) is 30.4 Å². The molecule has 2 aliphatic rings. The molecule has 1 amide bonds. The Bertz CT molecular complexity index is 863. The Morgan fingerprint density at radius 3 is 2.39 bits per heavy atom. The molecule has 0 unspecified atom stereocenters. The quantitative estimate of drug-likeness (QED) is 0.633. The minimum absolute atomic E-state index is 0.268. The number of hydrogen-bond donors (Lipinski definition) is 0. The van der Waals surface area contributed by atoms with Crippen LogP contribution in [0.2, 0.25) is 0 Å². The summed E-state index contributed by atoms with van der Waals surface area (Å²) in [4.78, 5) is 18.4. The fraction of sp³-hybridized carbons (Fsp3) is 0.480. The molecule has 0 radical (unpaired) electrons. The van der Waals surface area contributed by atoms with Gasteiger partial charge in [-0.15, -0.1) is 0 Å². The van der Waals surface area contributed by atoms with Gasteiger partial charge in [0.05, 0.1) is 12.5 Å². The van der Waals surface area contributed by atoms with Crippen molar-refractivity contribution in [2.45, 2.75) is 31.2 Å². The first-order valence-electron chi connectivity index (χ1n) is 11.1. The van der Waals surface area contributed by atoms with Gasteiger partial charge in [0.2, 0.25) is 5.91 Å². The van der Waals surface area contributed by atoms with Crippen molar-refractivity contribution in [2.24, 2.45) is 0 Å². The average Bonchev–Trinajstić information content (AvgIpc) is 3.05. The molecule has 2 aliphatic heterocycles. The second-order valence-electron chi connectivity index (χ2n) is 8.47. The molecule has 0 aliphatic carbocycles. The van der Waals surface area contributed by atoms with Crippen LogP contribution in [0.25, 0.3) is 0 Å². The predicted molar refractivity (Wildman–Crippen MR) is 125 cm³/mol. The summed E-state index contributed by atoms with van der Waals surface area (Å²) in [7, 11) is 1.69. The Morgan fingerprint density at radius 2 is 1.71 bits per heavy atom. The summed E-state index contributed by atoms with van der Waals surface area (Å²) in [5.74, 6) is 1.15. The van der Waals surface area contributed by atoms with E-state index in [9.17, 15) is 4.79 Å². The number of nitrogens with zero attached hydrogens (tertiary/aromatic N) is 2. The van der Waals surface area contributed by atoms with Gasteiger partial charge in [0.15, 0.2) is 0 Å². The molecule has 0 bridgehead atoms. The molecular formula is C25H31BrN2O3. The summed E-state index contributed by atoms with van der Waals surface area (Å²) >= 11 is 3.52. The van der Waals surface area contributed by atoms with Gasteiger partial charge in [-0.05, 0) is 54.7 Å². The lowest BCUT2D eigenvalue weighted by Crippen LogP contribution is -2.50. The molecule has 4 rings (SSSR count). The lowest BCUT2D eigenvalue weighted by Gasteiger charge is -2.40. The summed E-state index contributed by atoms with van der Waals surface area (Å²) in [5.41, 5.74) is 1.92. The highest BCUT2D eigenvalue weighted by atomic mass is 79.9. The molecule has 6 heteroatoms. The van der Waals surface area contributed by atoms with Crippen molar-refractivity contribution in [2.75, 3.05) is 46.5 Å². The first kappa shape index (κ1) is 22.3. The molecule has 31 heavy (non-hydrogen) atoms. The number of carbonyl (C=O) groups excluding carboxylic acids is 1. The zero-order valence-corrected chi connectivity index (χ0v) is 19.8. The molecule has 0 spiro atoms. The molecule has 0 atom stereocenters. The summed E-state index contributed by atoms with van der Waals surface area (Å²) in [6.07, 6.45) is 2.49. The normalized spacial score (nSPS) is 19.6. The molecule has 2 fully saturated rings. The molecule has 0 N–H and O–H groups in total. The van der Waals surface area contributed by atoms with Crippen LogP contribution in [-0.2, 0) is 21.5 Å². The van der Waals surface area contributed by atoms with Crippen molar-refractivity contribution in [3.8, 4) is 5.75 Å². The van der Waals surface area contributed by atoms with Gasteiger partial charge in [-0.1, -0.05) is 40.2 Å². The van der Waals surface area contributed by atoms with E-state index in [2.05, 4.69) is 50.0 Å². The second-order valence-corrected chi connectivity index (χ2v) is 9.39. The van der Waals surface area contributed by atoms with Gasteiger partial charge in [-0.3, -0.25) is 9.69 Å². The Labute approximate surface area is 193 Å². The highest BCUT2D eigenvalue weighted by Crippen LogP contribution is 2.37. The molecule has 166 valence electrons. The highest BCUT2D eigenvalue weighted by Gasteiger charge is 2.44. The van der Waals surface area contributed by atoms with Gasteiger partial charge in [-0.2, -0.15) is 0 Å². The summed E-state index contributed by atoms with van der Waals surface area (Å²) in [5, 5.41) is 0. The van der Waals surface area contributed by atoms with Crippen molar-refractivity contribution in [1.29, 1.82) is 0 Å². The lowest BCUT2D eigenvalue weighted by molar-refractivity contribution is -0.141. The van der Waals surface area contributed by atoms with Crippen LogP contribution in [0.15, 0.2) is 53.0 Å². The SMILES string of the molecule is COc1ccc(CN2CCCN(C(=O)C3(c4ccc(Br)cc4)CCOCC3)CC2)cc1. The number of carbonyl (C=O) groups is 1. The Balaban J connectivity index is 1.45. The minimum atomic E-state index is -0.468. The third kappa shape index (κ3) is 5.13. The smallest absolute Gasteiger partial charge is 0.233 e. The molecule has 2 aromatic carbocycles. The predicted octanol–water partition coefficient (Wildman–Crippen LogP) is 4.24. The lowest BCUT2D eigenvalue weighted by atomic mass is 9.73. The zero-order chi connectivity index (χ0) is 21.7. The van der Waals surface area contributed by atoms with E-state index in [0.717, 1.165) is 67.8 Å². The number of amides is 1. The Morgan fingerprint density at radius 1 is 1.00 bits per heavy atom. The standard InChI is InChI=1S/C25H31BrN2O3/c1-30-23-9-3-20(4-10-23)19-27-13-2-14-28(16-15-27)24(29)25(11-17-31-18-12-25)21-5-7-22(26)8-6-21/h3-10H,2,11-19H2,1H3. The van der Waals surface area contributed by atoms with E-state index in [4.69, 9.17) is 9.47 Å². The molecular weight excluding hydrogens is 456 g/mol.